The smallest absolute Gasteiger partial charge is 0.338 e. The molecule has 1 aromatic heterocycles. The zero-order valence-electron chi connectivity index (χ0n) is 17.9. The normalized spacial score (nSPS) is 30.6. The predicted molar refractivity (Wildman–Crippen MR) is 113 cm³/mol. The molecule has 2 aromatic rings. The summed E-state index contributed by atoms with van der Waals surface area (Å²) in [4.78, 5) is 32.3. The number of fused-ring (bicyclic) bond motifs is 5. The van der Waals surface area contributed by atoms with Gasteiger partial charge < -0.3 is 20.5 Å². The fraction of sp³-hybridized carbons (Fsp3) is 0.458. The van der Waals surface area contributed by atoms with Crippen LogP contribution in [0.5, 0.6) is 0 Å². The lowest BCUT2D eigenvalue weighted by molar-refractivity contribution is -0.190. The summed E-state index contributed by atoms with van der Waals surface area (Å²) in [7, 11) is 0. The van der Waals surface area contributed by atoms with Gasteiger partial charge in [-0.2, -0.15) is 0 Å². The van der Waals surface area contributed by atoms with Crippen molar-refractivity contribution in [3.63, 3.8) is 0 Å². The fourth-order valence-corrected chi connectivity index (χ4v) is 6.01. The Morgan fingerprint density at radius 1 is 1.38 bits per heavy atom. The van der Waals surface area contributed by atoms with Gasteiger partial charge in [-0.05, 0) is 42.9 Å². The third-order valence-electron chi connectivity index (χ3n) is 7.86. The molecule has 4 heterocycles. The zero-order chi connectivity index (χ0) is 22.5. The number of benzene rings is 1. The number of esters is 1. The van der Waals surface area contributed by atoms with Gasteiger partial charge in [0.25, 0.3) is 0 Å². The number of carbonyl (C=O) groups is 2. The van der Waals surface area contributed by atoms with Gasteiger partial charge in [0.05, 0.1) is 29.4 Å². The third kappa shape index (κ3) is 2.29. The summed E-state index contributed by atoms with van der Waals surface area (Å²) in [6, 6.07) is 1.20. The Bertz CT molecular complexity index is 1270. The van der Waals surface area contributed by atoms with E-state index in [1.165, 1.54) is 6.07 Å². The van der Waals surface area contributed by atoms with Gasteiger partial charge in [-0.25, -0.2) is 14.2 Å². The molecule has 166 valence electrons. The summed E-state index contributed by atoms with van der Waals surface area (Å²) in [5.74, 6) is -2.56. The first-order valence-corrected chi connectivity index (χ1v) is 11.1. The van der Waals surface area contributed by atoms with E-state index in [1.54, 1.807) is 24.8 Å². The van der Waals surface area contributed by atoms with Gasteiger partial charge in [0.2, 0.25) is 5.91 Å². The van der Waals surface area contributed by atoms with Crippen LogP contribution in [0.25, 0.3) is 16.6 Å². The highest BCUT2D eigenvalue weighted by molar-refractivity contribution is 5.99. The predicted octanol–water partition coefficient (Wildman–Crippen LogP) is 2.26. The van der Waals surface area contributed by atoms with Gasteiger partial charge in [0, 0.05) is 29.0 Å². The Hall–Kier alpha value is -2.84. The molecule has 4 aliphatic rings. The van der Waals surface area contributed by atoms with Gasteiger partial charge in [0.1, 0.15) is 12.4 Å². The molecule has 0 bridgehead atoms. The third-order valence-corrected chi connectivity index (χ3v) is 7.86. The number of nitrogens with zero attached hydrogens (tertiary/aromatic N) is 2. The summed E-state index contributed by atoms with van der Waals surface area (Å²) in [6.45, 7) is 3.74. The number of nitrogens with two attached hydrogens (primary N) is 1. The molecule has 1 fully saturated rings. The quantitative estimate of drug-likeness (QED) is 0.663. The zero-order valence-corrected chi connectivity index (χ0v) is 17.9. The van der Waals surface area contributed by atoms with Crippen molar-refractivity contribution in [2.45, 2.75) is 51.3 Å². The van der Waals surface area contributed by atoms with Crippen LogP contribution < -0.4 is 5.73 Å². The molecule has 7 nitrogen and oxygen atoms in total. The van der Waals surface area contributed by atoms with Crippen molar-refractivity contribution in [3.8, 4) is 0 Å². The van der Waals surface area contributed by atoms with Crippen molar-refractivity contribution in [2.75, 3.05) is 6.61 Å². The van der Waals surface area contributed by atoms with Gasteiger partial charge >= 0.3 is 5.97 Å². The summed E-state index contributed by atoms with van der Waals surface area (Å²) < 4.78 is 19.9. The van der Waals surface area contributed by atoms with Crippen molar-refractivity contribution >= 4 is 28.5 Å². The number of aromatic nitrogens is 1. The van der Waals surface area contributed by atoms with Gasteiger partial charge in [-0.3, -0.25) is 4.79 Å². The van der Waals surface area contributed by atoms with E-state index >= 15 is 0 Å². The number of aliphatic hydroxyl groups is 1. The number of hydrogen-bond donors (Lipinski definition) is 2. The fourth-order valence-electron chi connectivity index (χ4n) is 6.01. The summed E-state index contributed by atoms with van der Waals surface area (Å²) in [5, 5.41) is 12.0. The van der Waals surface area contributed by atoms with Crippen LogP contribution in [0.4, 0.5) is 4.39 Å². The lowest BCUT2D eigenvalue weighted by Crippen LogP contribution is -2.58. The van der Waals surface area contributed by atoms with Crippen LogP contribution in [0, 0.1) is 24.6 Å². The van der Waals surface area contributed by atoms with Crippen molar-refractivity contribution < 1.29 is 23.8 Å². The number of halogens is 1. The van der Waals surface area contributed by atoms with E-state index in [9.17, 15) is 19.1 Å². The number of amides is 1. The molecular weight excluding hydrogens is 413 g/mol. The number of pyridine rings is 1. The average molecular weight is 437 g/mol. The highest BCUT2D eigenvalue weighted by atomic mass is 19.1. The highest BCUT2D eigenvalue weighted by Crippen LogP contribution is 2.49. The SMILES string of the molecule is CC[C@@]1(O)C(=O)OCC2C(=O)N3Cc4c(nc5cc(F)c(C)c6c5c4[C@@H](N)CC6)C3=CC21. The molecule has 1 amide bonds. The lowest BCUT2D eigenvalue weighted by atomic mass is 9.72. The van der Waals surface area contributed by atoms with Crippen LogP contribution in [-0.4, -0.2) is 39.1 Å². The van der Waals surface area contributed by atoms with Crippen LogP contribution >= 0.6 is 0 Å². The molecule has 1 aromatic carbocycles. The molecule has 0 spiro atoms. The number of hydrogen-bond acceptors (Lipinski definition) is 6. The van der Waals surface area contributed by atoms with Crippen LogP contribution in [0.1, 0.15) is 53.8 Å². The Morgan fingerprint density at radius 2 is 2.16 bits per heavy atom. The van der Waals surface area contributed by atoms with Crippen molar-refractivity contribution in [1.82, 2.24) is 9.88 Å². The van der Waals surface area contributed by atoms with E-state index in [2.05, 4.69) is 0 Å². The van der Waals surface area contributed by atoms with E-state index in [4.69, 9.17) is 15.5 Å². The molecule has 1 saturated heterocycles. The number of rotatable bonds is 1. The van der Waals surface area contributed by atoms with Crippen LogP contribution in [0.15, 0.2) is 12.1 Å². The van der Waals surface area contributed by atoms with Crippen molar-refractivity contribution in [3.05, 3.63) is 45.9 Å². The number of aryl methyl sites for hydroxylation is 1. The minimum Gasteiger partial charge on any atom is -0.463 e. The molecule has 32 heavy (non-hydrogen) atoms. The molecule has 2 unspecified atom stereocenters. The van der Waals surface area contributed by atoms with Crippen LogP contribution in [0.2, 0.25) is 0 Å². The molecule has 1 aliphatic carbocycles. The maximum absolute atomic E-state index is 14.7. The van der Waals surface area contributed by atoms with E-state index in [1.807, 2.05) is 0 Å². The van der Waals surface area contributed by atoms with Crippen molar-refractivity contribution in [2.24, 2.45) is 17.6 Å². The largest absolute Gasteiger partial charge is 0.463 e. The molecule has 0 saturated carbocycles. The highest BCUT2D eigenvalue weighted by Gasteiger charge is 2.56. The molecule has 6 rings (SSSR count). The Balaban J connectivity index is 1.62. The molecule has 8 heteroatoms. The first-order valence-electron chi connectivity index (χ1n) is 11.1. The number of cyclic esters (lactones) is 1. The number of ether oxygens (including phenoxy) is 1. The molecule has 3 N–H and O–H groups in total. The summed E-state index contributed by atoms with van der Waals surface area (Å²) in [6.07, 6.45) is 3.30. The standard InChI is InChI=1S/C24H24FN3O4/c1-3-24(31)14-6-18-21-12(8-28(18)22(29)13(14)9-32-23(24)30)19-16(26)5-4-11-10(2)15(25)7-17(27-21)20(11)19/h6-7,13-14,16,31H,3-5,8-9,26H2,1-2H3/t13?,14?,16-,24-/m0/s1. The van der Waals surface area contributed by atoms with Gasteiger partial charge in [0.15, 0.2) is 5.60 Å². The summed E-state index contributed by atoms with van der Waals surface area (Å²) >= 11 is 0. The van der Waals surface area contributed by atoms with E-state index in [0.29, 0.717) is 41.9 Å². The van der Waals surface area contributed by atoms with E-state index < -0.39 is 23.4 Å². The van der Waals surface area contributed by atoms with Crippen molar-refractivity contribution in [1.29, 1.82) is 0 Å². The second-order valence-electron chi connectivity index (χ2n) is 9.34. The molecule has 4 atom stereocenters. The molecular formula is C24H24FN3O4. The molecule has 0 radical (unpaired) electrons. The Kier molecular flexibility index (Phi) is 3.94. The summed E-state index contributed by atoms with van der Waals surface area (Å²) in [5.41, 5.74) is 9.81. The maximum atomic E-state index is 14.7. The minimum absolute atomic E-state index is 0.0579. The second kappa shape index (κ2) is 6.36. The van der Waals surface area contributed by atoms with Crippen LogP contribution in [-0.2, 0) is 27.3 Å². The second-order valence-corrected chi connectivity index (χ2v) is 9.34. The van der Waals surface area contributed by atoms with Crippen LogP contribution in [0.3, 0.4) is 0 Å². The topological polar surface area (TPSA) is 106 Å². The minimum atomic E-state index is -1.77. The Morgan fingerprint density at radius 3 is 2.91 bits per heavy atom. The van der Waals surface area contributed by atoms with Gasteiger partial charge in [-0.1, -0.05) is 13.0 Å². The lowest BCUT2D eigenvalue weighted by Gasteiger charge is -2.44. The monoisotopic (exact) mass is 437 g/mol. The first-order chi connectivity index (χ1) is 15.3. The Labute approximate surface area is 184 Å². The number of carbonyl (C=O) groups excluding carboxylic acids is 2. The van der Waals surface area contributed by atoms with E-state index in [-0.39, 0.29) is 30.8 Å². The maximum Gasteiger partial charge on any atom is 0.338 e. The van der Waals surface area contributed by atoms with E-state index in [0.717, 1.165) is 22.1 Å². The van der Waals surface area contributed by atoms with Gasteiger partial charge in [-0.15, -0.1) is 0 Å². The first kappa shape index (κ1) is 19.8. The average Bonchev–Trinajstić information content (AvgIpc) is 3.14. The molecule has 3 aliphatic heterocycles.